The molecule has 0 spiro atoms. The molecular weight excluding hydrogens is 280 g/mol. The Balaban J connectivity index is 1.35. The van der Waals surface area contributed by atoms with Gasteiger partial charge in [-0.15, -0.1) is 0 Å². The maximum Gasteiger partial charge on any atom is 0.223 e. The maximum atomic E-state index is 11.9. The Hall–Kier alpha value is -1.40. The largest absolute Gasteiger partial charge is 0.380 e. The molecule has 1 aromatic rings. The number of nitrogens with one attached hydrogen (secondary N) is 1. The van der Waals surface area contributed by atoms with Crippen molar-refractivity contribution < 1.29 is 9.53 Å². The molecule has 6 nitrogen and oxygen atoms in total. The number of carbonyl (C=O) groups excluding carboxylic acids is 1. The van der Waals surface area contributed by atoms with E-state index in [4.69, 9.17) is 4.74 Å². The standard InChI is InChI=1S/C16H24N4O2/c21-16(12-2-1-3-12)17-9-13-8-15-10-19(5-6-20(15)18-13)14-4-7-22-11-14/h8,12,14H,1-7,9-11H2,(H,17,21)/t14-/m0/s1. The second-order valence-corrected chi connectivity index (χ2v) is 6.68. The van der Waals surface area contributed by atoms with E-state index in [1.165, 1.54) is 12.1 Å². The van der Waals surface area contributed by atoms with E-state index in [9.17, 15) is 4.79 Å². The Bertz CT molecular complexity index is 546. The summed E-state index contributed by atoms with van der Waals surface area (Å²) >= 11 is 0. The fourth-order valence-electron chi connectivity index (χ4n) is 3.55. The lowest BCUT2D eigenvalue weighted by Crippen LogP contribution is -2.41. The molecule has 0 aromatic carbocycles. The van der Waals surface area contributed by atoms with Gasteiger partial charge in [0.1, 0.15) is 0 Å². The minimum absolute atomic E-state index is 0.196. The summed E-state index contributed by atoms with van der Waals surface area (Å²) in [7, 11) is 0. The Kier molecular flexibility index (Phi) is 3.88. The smallest absolute Gasteiger partial charge is 0.223 e. The van der Waals surface area contributed by atoms with Crippen molar-refractivity contribution in [3.63, 3.8) is 0 Å². The number of hydrogen-bond acceptors (Lipinski definition) is 4. The minimum atomic E-state index is 0.196. The molecular formula is C16H24N4O2. The molecule has 1 aromatic heterocycles. The van der Waals surface area contributed by atoms with Crippen LogP contribution in [0.1, 0.15) is 37.1 Å². The van der Waals surface area contributed by atoms with Gasteiger partial charge in [-0.25, -0.2) is 0 Å². The highest BCUT2D eigenvalue weighted by Crippen LogP contribution is 2.26. The first-order valence-corrected chi connectivity index (χ1v) is 8.45. The van der Waals surface area contributed by atoms with Gasteiger partial charge in [-0.2, -0.15) is 5.10 Å². The number of fused-ring (bicyclic) bond motifs is 1. The lowest BCUT2D eigenvalue weighted by Gasteiger charge is -2.31. The third-order valence-electron chi connectivity index (χ3n) is 5.22. The summed E-state index contributed by atoms with van der Waals surface area (Å²) in [6.45, 7) is 5.22. The van der Waals surface area contributed by atoms with Crippen LogP contribution in [0.25, 0.3) is 0 Å². The zero-order chi connectivity index (χ0) is 14.9. The second kappa shape index (κ2) is 6.01. The van der Waals surface area contributed by atoms with Crippen LogP contribution in [0.15, 0.2) is 6.07 Å². The zero-order valence-corrected chi connectivity index (χ0v) is 13.0. The van der Waals surface area contributed by atoms with Crippen molar-refractivity contribution in [2.24, 2.45) is 5.92 Å². The summed E-state index contributed by atoms with van der Waals surface area (Å²) in [5.41, 5.74) is 2.23. The number of nitrogens with zero attached hydrogens (tertiary/aromatic N) is 3. The maximum absolute atomic E-state index is 11.9. The molecule has 4 rings (SSSR count). The highest BCUT2D eigenvalue weighted by molar-refractivity contribution is 5.79. The molecule has 1 saturated heterocycles. The minimum Gasteiger partial charge on any atom is -0.380 e. The van der Waals surface area contributed by atoms with Gasteiger partial charge in [-0.1, -0.05) is 6.42 Å². The van der Waals surface area contributed by atoms with Crippen LogP contribution in [-0.2, 0) is 29.2 Å². The molecule has 6 heteroatoms. The lowest BCUT2D eigenvalue weighted by atomic mass is 9.85. The Morgan fingerprint density at radius 3 is 3.00 bits per heavy atom. The van der Waals surface area contributed by atoms with Crippen molar-refractivity contribution in [3.05, 3.63) is 17.5 Å². The molecule has 0 radical (unpaired) electrons. The Labute approximate surface area is 130 Å². The second-order valence-electron chi connectivity index (χ2n) is 6.68. The first-order valence-electron chi connectivity index (χ1n) is 8.45. The number of hydrogen-bond donors (Lipinski definition) is 1. The molecule has 1 N–H and O–H groups in total. The van der Waals surface area contributed by atoms with Gasteiger partial charge in [0.15, 0.2) is 0 Å². The first-order chi connectivity index (χ1) is 10.8. The van der Waals surface area contributed by atoms with Crippen LogP contribution < -0.4 is 5.32 Å². The Morgan fingerprint density at radius 1 is 1.36 bits per heavy atom. The average molecular weight is 304 g/mol. The van der Waals surface area contributed by atoms with Gasteiger partial charge in [0, 0.05) is 31.7 Å². The van der Waals surface area contributed by atoms with E-state index in [1.54, 1.807) is 0 Å². The van der Waals surface area contributed by atoms with E-state index in [-0.39, 0.29) is 11.8 Å². The highest BCUT2D eigenvalue weighted by Gasteiger charge is 2.28. The van der Waals surface area contributed by atoms with Crippen molar-refractivity contribution in [3.8, 4) is 0 Å². The van der Waals surface area contributed by atoms with Crippen LogP contribution in [0, 0.1) is 5.92 Å². The van der Waals surface area contributed by atoms with Crippen LogP contribution in [0.2, 0.25) is 0 Å². The molecule has 3 aliphatic rings. The summed E-state index contributed by atoms with van der Waals surface area (Å²) in [5.74, 6) is 0.442. The number of ether oxygens (including phenoxy) is 1. The summed E-state index contributed by atoms with van der Waals surface area (Å²) < 4.78 is 7.59. The average Bonchev–Trinajstić information content (AvgIpc) is 3.11. The molecule has 2 fully saturated rings. The first kappa shape index (κ1) is 14.2. The fraction of sp³-hybridized carbons (Fsp3) is 0.750. The molecule has 2 aliphatic heterocycles. The van der Waals surface area contributed by atoms with Crippen LogP contribution in [0.5, 0.6) is 0 Å². The monoisotopic (exact) mass is 304 g/mol. The predicted octanol–water partition coefficient (Wildman–Crippen LogP) is 0.904. The van der Waals surface area contributed by atoms with Gasteiger partial charge in [0.25, 0.3) is 0 Å². The quantitative estimate of drug-likeness (QED) is 0.898. The SMILES string of the molecule is O=C(NCc1cc2n(n1)CCN([C@H]1CCOC1)C2)C1CCC1. The van der Waals surface area contributed by atoms with Gasteiger partial charge >= 0.3 is 0 Å². The molecule has 120 valence electrons. The van der Waals surface area contributed by atoms with E-state index < -0.39 is 0 Å². The normalized spacial score (nSPS) is 25.7. The summed E-state index contributed by atoms with van der Waals surface area (Å²) in [5, 5.41) is 7.66. The van der Waals surface area contributed by atoms with Gasteiger partial charge in [0.2, 0.25) is 5.91 Å². The summed E-state index contributed by atoms with van der Waals surface area (Å²) in [4.78, 5) is 14.4. The molecule has 0 unspecified atom stereocenters. The van der Waals surface area contributed by atoms with Crippen molar-refractivity contribution in [1.82, 2.24) is 20.0 Å². The molecule has 1 atom stereocenters. The molecule has 0 bridgehead atoms. The van der Waals surface area contributed by atoms with E-state index in [2.05, 4.69) is 26.1 Å². The van der Waals surface area contributed by atoms with E-state index in [1.807, 2.05) is 0 Å². The van der Waals surface area contributed by atoms with Crippen LogP contribution in [-0.4, -0.2) is 46.4 Å². The lowest BCUT2D eigenvalue weighted by molar-refractivity contribution is -0.127. The number of rotatable bonds is 4. The van der Waals surface area contributed by atoms with Crippen molar-refractivity contribution in [2.45, 2.75) is 51.4 Å². The van der Waals surface area contributed by atoms with E-state index in [0.29, 0.717) is 12.6 Å². The molecule has 22 heavy (non-hydrogen) atoms. The van der Waals surface area contributed by atoms with Gasteiger partial charge in [-0.05, 0) is 25.3 Å². The number of amides is 1. The van der Waals surface area contributed by atoms with Crippen LogP contribution in [0.4, 0.5) is 0 Å². The summed E-state index contributed by atoms with van der Waals surface area (Å²) in [6, 6.07) is 2.70. The van der Waals surface area contributed by atoms with E-state index in [0.717, 1.165) is 57.8 Å². The predicted molar refractivity (Wildman–Crippen MR) is 81.0 cm³/mol. The van der Waals surface area contributed by atoms with Gasteiger partial charge < -0.3 is 10.1 Å². The zero-order valence-electron chi connectivity index (χ0n) is 13.0. The van der Waals surface area contributed by atoms with Crippen LogP contribution in [0.3, 0.4) is 0 Å². The van der Waals surface area contributed by atoms with Gasteiger partial charge in [0.05, 0.1) is 31.1 Å². The Morgan fingerprint density at radius 2 is 2.27 bits per heavy atom. The van der Waals surface area contributed by atoms with Crippen LogP contribution >= 0.6 is 0 Å². The molecule has 1 saturated carbocycles. The third kappa shape index (κ3) is 2.77. The number of aromatic nitrogens is 2. The third-order valence-corrected chi connectivity index (χ3v) is 5.22. The fourth-order valence-corrected chi connectivity index (χ4v) is 3.55. The van der Waals surface area contributed by atoms with Crippen molar-refractivity contribution in [2.75, 3.05) is 19.8 Å². The molecule has 3 heterocycles. The molecule has 1 aliphatic carbocycles. The topological polar surface area (TPSA) is 59.4 Å². The highest BCUT2D eigenvalue weighted by atomic mass is 16.5. The van der Waals surface area contributed by atoms with Crippen molar-refractivity contribution in [1.29, 1.82) is 0 Å². The summed E-state index contributed by atoms with van der Waals surface area (Å²) in [6.07, 6.45) is 4.42. The number of carbonyl (C=O) groups is 1. The van der Waals surface area contributed by atoms with Gasteiger partial charge in [-0.3, -0.25) is 14.4 Å². The molecule has 1 amide bonds. The van der Waals surface area contributed by atoms with E-state index >= 15 is 0 Å². The van der Waals surface area contributed by atoms with Crippen molar-refractivity contribution >= 4 is 5.91 Å².